The number of ketones is 2. The third kappa shape index (κ3) is 0.746. The van der Waals surface area contributed by atoms with Crippen LogP contribution in [-0.4, -0.2) is 23.8 Å². The van der Waals surface area contributed by atoms with Crippen molar-refractivity contribution in [3.8, 4) is 0 Å². The number of hydrogen-bond donors (Lipinski definition) is 0. The van der Waals surface area contributed by atoms with Crippen LogP contribution in [0.4, 0.5) is 0 Å². The predicted octanol–water partition coefficient (Wildman–Crippen LogP) is 0.322. The fourth-order valence-corrected chi connectivity index (χ4v) is 2.57. The van der Waals surface area contributed by atoms with E-state index < -0.39 is 0 Å². The fraction of sp³-hybridized carbons (Fsp3) is 0.778. The van der Waals surface area contributed by atoms with Gasteiger partial charge in [0.2, 0.25) is 0 Å². The summed E-state index contributed by atoms with van der Waals surface area (Å²) in [7, 11) is 0. The van der Waals surface area contributed by atoms with Crippen LogP contribution >= 0.6 is 0 Å². The first-order chi connectivity index (χ1) is 5.75. The topological polar surface area (TPSA) is 46.7 Å². The molecule has 1 aliphatic heterocycles. The summed E-state index contributed by atoms with van der Waals surface area (Å²) in [5.74, 6) is 0.334. The molecule has 3 fully saturated rings. The van der Waals surface area contributed by atoms with Crippen molar-refractivity contribution in [3.63, 3.8) is 0 Å². The summed E-state index contributed by atoms with van der Waals surface area (Å²) >= 11 is 0. The number of rotatable bonds is 0. The number of Topliss-reactive ketones (excluding diaryl/α,β-unsaturated/α-hetero) is 2. The van der Waals surface area contributed by atoms with Gasteiger partial charge in [0.15, 0.2) is 0 Å². The number of epoxide rings is 1. The van der Waals surface area contributed by atoms with E-state index >= 15 is 0 Å². The molecule has 1 saturated heterocycles. The van der Waals surface area contributed by atoms with E-state index in [1.165, 1.54) is 0 Å². The molecule has 0 N–H and O–H groups in total. The van der Waals surface area contributed by atoms with Gasteiger partial charge in [-0.05, 0) is 12.8 Å². The standard InChI is InChI=1S/C9H10O3/c10-6-3-7(11)5-2-9-8(12-9)1-4(5)6/h4-5,8-9H,1-3H2. The molecule has 0 amide bonds. The third-order valence-electron chi connectivity index (χ3n) is 3.32. The Hall–Kier alpha value is -0.700. The number of carbonyl (C=O) groups is 2. The van der Waals surface area contributed by atoms with Gasteiger partial charge in [-0.1, -0.05) is 0 Å². The Morgan fingerprint density at radius 1 is 1.00 bits per heavy atom. The summed E-state index contributed by atoms with van der Waals surface area (Å²) in [5.41, 5.74) is 0. The highest BCUT2D eigenvalue weighted by atomic mass is 16.6. The third-order valence-corrected chi connectivity index (χ3v) is 3.32. The summed E-state index contributed by atoms with van der Waals surface area (Å²) in [6.45, 7) is 0. The Morgan fingerprint density at radius 3 is 2.00 bits per heavy atom. The molecule has 4 atom stereocenters. The molecule has 1 heterocycles. The van der Waals surface area contributed by atoms with E-state index in [2.05, 4.69) is 0 Å². The van der Waals surface area contributed by atoms with Crippen LogP contribution in [0.2, 0.25) is 0 Å². The number of hydrogen-bond acceptors (Lipinski definition) is 3. The first-order valence-corrected chi connectivity index (χ1v) is 4.46. The van der Waals surface area contributed by atoms with Gasteiger partial charge in [-0.15, -0.1) is 0 Å². The Kier molecular flexibility index (Phi) is 1.11. The van der Waals surface area contributed by atoms with Gasteiger partial charge in [0, 0.05) is 11.8 Å². The molecule has 4 unspecified atom stereocenters. The van der Waals surface area contributed by atoms with Crippen LogP contribution in [0, 0.1) is 11.8 Å². The lowest BCUT2D eigenvalue weighted by molar-refractivity contribution is -0.123. The Balaban J connectivity index is 1.90. The molecule has 3 nitrogen and oxygen atoms in total. The minimum absolute atomic E-state index is 0.0150. The van der Waals surface area contributed by atoms with E-state index in [4.69, 9.17) is 4.74 Å². The lowest BCUT2D eigenvalue weighted by Crippen LogP contribution is -2.26. The molecular weight excluding hydrogens is 156 g/mol. The fourth-order valence-electron chi connectivity index (χ4n) is 2.57. The first-order valence-electron chi connectivity index (χ1n) is 4.46. The van der Waals surface area contributed by atoms with Gasteiger partial charge < -0.3 is 4.74 Å². The molecule has 12 heavy (non-hydrogen) atoms. The molecular formula is C9H10O3. The summed E-state index contributed by atoms with van der Waals surface area (Å²) in [5, 5.41) is 0. The average Bonchev–Trinajstić information content (AvgIpc) is 2.73. The van der Waals surface area contributed by atoms with Crippen molar-refractivity contribution in [2.45, 2.75) is 31.5 Å². The predicted molar refractivity (Wildman–Crippen MR) is 39.5 cm³/mol. The van der Waals surface area contributed by atoms with E-state index in [-0.39, 0.29) is 29.8 Å². The smallest absolute Gasteiger partial charge is 0.144 e. The van der Waals surface area contributed by atoms with Gasteiger partial charge in [-0.25, -0.2) is 0 Å². The molecule has 64 valence electrons. The van der Waals surface area contributed by atoms with Gasteiger partial charge in [0.1, 0.15) is 11.6 Å². The highest BCUT2D eigenvalue weighted by Gasteiger charge is 2.55. The van der Waals surface area contributed by atoms with Crippen LogP contribution in [0.25, 0.3) is 0 Å². The summed E-state index contributed by atoms with van der Waals surface area (Å²) in [4.78, 5) is 22.6. The number of fused-ring (bicyclic) bond motifs is 2. The molecule has 0 aromatic carbocycles. The van der Waals surface area contributed by atoms with Crippen LogP contribution in [0.5, 0.6) is 0 Å². The number of ether oxygens (including phenoxy) is 1. The van der Waals surface area contributed by atoms with Crippen molar-refractivity contribution in [3.05, 3.63) is 0 Å². The number of carbonyl (C=O) groups excluding carboxylic acids is 2. The molecule has 2 saturated carbocycles. The van der Waals surface area contributed by atoms with Crippen molar-refractivity contribution >= 4 is 11.6 Å². The molecule has 0 aromatic rings. The molecule has 3 rings (SSSR count). The zero-order chi connectivity index (χ0) is 8.29. The highest BCUT2D eigenvalue weighted by molar-refractivity contribution is 6.08. The lowest BCUT2D eigenvalue weighted by atomic mass is 9.81. The van der Waals surface area contributed by atoms with Gasteiger partial charge in [0.25, 0.3) is 0 Å². The van der Waals surface area contributed by atoms with Crippen molar-refractivity contribution in [2.75, 3.05) is 0 Å². The first kappa shape index (κ1) is 6.78. The van der Waals surface area contributed by atoms with E-state index in [1.54, 1.807) is 0 Å². The van der Waals surface area contributed by atoms with Crippen LogP contribution in [0.15, 0.2) is 0 Å². The van der Waals surface area contributed by atoms with E-state index in [9.17, 15) is 9.59 Å². The maximum absolute atomic E-state index is 11.3. The molecule has 0 bridgehead atoms. The maximum atomic E-state index is 11.3. The lowest BCUT2D eigenvalue weighted by Gasteiger charge is -2.18. The summed E-state index contributed by atoms with van der Waals surface area (Å²) in [6.07, 6.45) is 2.41. The van der Waals surface area contributed by atoms with Gasteiger partial charge >= 0.3 is 0 Å². The molecule has 3 heteroatoms. The minimum Gasteiger partial charge on any atom is -0.370 e. The maximum Gasteiger partial charge on any atom is 0.144 e. The van der Waals surface area contributed by atoms with Crippen molar-refractivity contribution in [1.82, 2.24) is 0 Å². The minimum atomic E-state index is 0.0150. The van der Waals surface area contributed by atoms with Crippen LogP contribution in [-0.2, 0) is 14.3 Å². The summed E-state index contributed by atoms with van der Waals surface area (Å²) in [6, 6.07) is 0. The second-order valence-corrected chi connectivity index (χ2v) is 4.01. The van der Waals surface area contributed by atoms with Gasteiger partial charge in [0.05, 0.1) is 18.6 Å². The molecule has 2 aliphatic carbocycles. The largest absolute Gasteiger partial charge is 0.370 e. The summed E-state index contributed by atoms with van der Waals surface area (Å²) < 4.78 is 5.31. The van der Waals surface area contributed by atoms with E-state index in [1.807, 2.05) is 0 Å². The van der Waals surface area contributed by atoms with Crippen LogP contribution in [0.1, 0.15) is 19.3 Å². The molecule has 0 aromatic heterocycles. The second kappa shape index (κ2) is 1.96. The van der Waals surface area contributed by atoms with Gasteiger partial charge in [-0.3, -0.25) is 9.59 Å². The van der Waals surface area contributed by atoms with Crippen LogP contribution < -0.4 is 0 Å². The normalized spacial score (nSPS) is 50.3. The molecule has 0 spiro atoms. The monoisotopic (exact) mass is 166 g/mol. The zero-order valence-corrected chi connectivity index (χ0v) is 6.66. The van der Waals surface area contributed by atoms with Crippen molar-refractivity contribution in [2.24, 2.45) is 11.8 Å². The van der Waals surface area contributed by atoms with E-state index in [0.717, 1.165) is 12.8 Å². The Morgan fingerprint density at radius 2 is 1.50 bits per heavy atom. The SMILES string of the molecule is O=C1CC(=O)C2CC3OC3CC12. The van der Waals surface area contributed by atoms with Crippen LogP contribution in [0.3, 0.4) is 0 Å². The van der Waals surface area contributed by atoms with Crippen molar-refractivity contribution in [1.29, 1.82) is 0 Å². The Labute approximate surface area is 70.1 Å². The second-order valence-electron chi connectivity index (χ2n) is 4.01. The van der Waals surface area contributed by atoms with Crippen molar-refractivity contribution < 1.29 is 14.3 Å². The zero-order valence-electron chi connectivity index (χ0n) is 6.66. The highest BCUT2D eigenvalue weighted by Crippen LogP contribution is 2.46. The average molecular weight is 166 g/mol. The van der Waals surface area contributed by atoms with E-state index in [0.29, 0.717) is 12.2 Å². The van der Waals surface area contributed by atoms with Gasteiger partial charge in [-0.2, -0.15) is 0 Å². The molecule has 3 aliphatic rings. The quantitative estimate of drug-likeness (QED) is 0.384. The molecule has 0 radical (unpaired) electrons. The Bertz CT molecular complexity index is 245.